The summed E-state index contributed by atoms with van der Waals surface area (Å²) in [5.41, 5.74) is 0. The summed E-state index contributed by atoms with van der Waals surface area (Å²) in [4.78, 5) is 0. The van der Waals surface area contributed by atoms with E-state index in [9.17, 15) is 0 Å². The maximum atomic E-state index is 7.17. The molecule has 0 saturated carbocycles. The SMILES string of the molecule is O.OB(O)O.[Y]. The zero-order valence-corrected chi connectivity index (χ0v) is 5.83. The Kier molecular flexibility index (Phi) is 24.6. The molecular formula is H5BO4Y. The molecule has 6 heavy (non-hydrogen) atoms. The van der Waals surface area contributed by atoms with Crippen molar-refractivity contribution >= 4 is 7.32 Å². The topological polar surface area (TPSA) is 92.2 Å². The molecule has 0 fully saturated rings. The predicted molar refractivity (Wildman–Crippen MR) is 16.0 cm³/mol. The van der Waals surface area contributed by atoms with Crippen LogP contribution < -0.4 is 0 Å². The van der Waals surface area contributed by atoms with Gasteiger partial charge in [0.15, 0.2) is 0 Å². The van der Waals surface area contributed by atoms with E-state index in [4.69, 9.17) is 15.1 Å². The van der Waals surface area contributed by atoms with E-state index in [1.54, 1.807) is 0 Å². The summed E-state index contributed by atoms with van der Waals surface area (Å²) < 4.78 is 0. The molecule has 0 unspecified atom stereocenters. The van der Waals surface area contributed by atoms with Crippen molar-refractivity contribution < 1.29 is 53.3 Å². The van der Waals surface area contributed by atoms with Gasteiger partial charge in [-0.25, -0.2) is 0 Å². The minimum Gasteiger partial charge on any atom is -0.412 e. The number of rotatable bonds is 0. The molecule has 0 atom stereocenters. The van der Waals surface area contributed by atoms with Crippen molar-refractivity contribution in [1.82, 2.24) is 0 Å². The minimum atomic E-state index is -2.17. The molecule has 0 aromatic rings. The molecule has 0 aliphatic carbocycles. The van der Waals surface area contributed by atoms with Gasteiger partial charge in [0.05, 0.1) is 0 Å². The van der Waals surface area contributed by atoms with Gasteiger partial charge in [0, 0.05) is 32.7 Å². The van der Waals surface area contributed by atoms with E-state index in [0.717, 1.165) is 0 Å². The molecule has 0 amide bonds. The minimum absolute atomic E-state index is 0. The molecule has 0 spiro atoms. The summed E-state index contributed by atoms with van der Waals surface area (Å²) in [6, 6.07) is 0. The molecule has 0 saturated heterocycles. The molecule has 0 rings (SSSR count). The Labute approximate surface area is 60.5 Å². The van der Waals surface area contributed by atoms with E-state index >= 15 is 0 Å². The summed E-state index contributed by atoms with van der Waals surface area (Å²) in [7, 11) is -2.17. The van der Waals surface area contributed by atoms with Crippen LogP contribution in [0.4, 0.5) is 0 Å². The Morgan fingerprint density at radius 1 is 1.00 bits per heavy atom. The molecule has 4 nitrogen and oxygen atoms in total. The van der Waals surface area contributed by atoms with Crippen LogP contribution in [-0.2, 0) is 32.7 Å². The van der Waals surface area contributed by atoms with E-state index in [1.807, 2.05) is 0 Å². The summed E-state index contributed by atoms with van der Waals surface area (Å²) in [6.45, 7) is 0. The van der Waals surface area contributed by atoms with Crippen LogP contribution >= 0.6 is 0 Å². The van der Waals surface area contributed by atoms with Gasteiger partial charge in [0.2, 0.25) is 0 Å². The van der Waals surface area contributed by atoms with Crippen LogP contribution in [-0.4, -0.2) is 27.9 Å². The van der Waals surface area contributed by atoms with Crippen molar-refractivity contribution in [1.29, 1.82) is 0 Å². The zero-order chi connectivity index (χ0) is 3.58. The van der Waals surface area contributed by atoms with Crippen LogP contribution in [0.5, 0.6) is 0 Å². The van der Waals surface area contributed by atoms with E-state index in [-0.39, 0.29) is 38.2 Å². The standard InChI is InChI=1S/BH3O3.H2O.Y/c2-1(3)4;;/h2-4H;1H2;. The van der Waals surface area contributed by atoms with E-state index in [0.29, 0.717) is 0 Å². The third kappa shape index (κ3) is 79.1. The Bertz CT molecular complexity index is 12.3. The average molecular weight is 169 g/mol. The summed E-state index contributed by atoms with van der Waals surface area (Å²) >= 11 is 0. The zero-order valence-electron chi connectivity index (χ0n) is 3.00. The Hall–Kier alpha value is 1.01. The van der Waals surface area contributed by atoms with Gasteiger partial charge >= 0.3 is 7.32 Å². The molecule has 5 N–H and O–H groups in total. The van der Waals surface area contributed by atoms with Gasteiger partial charge < -0.3 is 20.5 Å². The van der Waals surface area contributed by atoms with Gasteiger partial charge in [-0.3, -0.25) is 0 Å². The summed E-state index contributed by atoms with van der Waals surface area (Å²) in [5, 5.41) is 21.5. The van der Waals surface area contributed by atoms with E-state index in [2.05, 4.69) is 0 Å². The molecule has 0 aliphatic rings. The van der Waals surface area contributed by atoms with Crippen LogP contribution in [0.3, 0.4) is 0 Å². The van der Waals surface area contributed by atoms with Crippen molar-refractivity contribution in [2.24, 2.45) is 0 Å². The van der Waals surface area contributed by atoms with Crippen molar-refractivity contribution in [3.8, 4) is 0 Å². The van der Waals surface area contributed by atoms with Crippen LogP contribution in [0.1, 0.15) is 0 Å². The van der Waals surface area contributed by atoms with Crippen LogP contribution in [0.2, 0.25) is 0 Å². The molecule has 0 bridgehead atoms. The van der Waals surface area contributed by atoms with Gasteiger partial charge in [0.25, 0.3) is 0 Å². The quantitative estimate of drug-likeness (QED) is 0.340. The summed E-state index contributed by atoms with van der Waals surface area (Å²) in [6.07, 6.45) is 0. The first kappa shape index (κ1) is 15.7. The smallest absolute Gasteiger partial charge is 0.412 e. The molecule has 0 aromatic heterocycles. The van der Waals surface area contributed by atoms with E-state index in [1.165, 1.54) is 0 Å². The largest absolute Gasteiger partial charge is 0.631 e. The molecule has 35 valence electrons. The predicted octanol–water partition coefficient (Wildman–Crippen LogP) is -2.88. The second kappa shape index (κ2) is 9.38. The van der Waals surface area contributed by atoms with E-state index < -0.39 is 7.32 Å². The van der Waals surface area contributed by atoms with Crippen molar-refractivity contribution in [3.63, 3.8) is 0 Å². The van der Waals surface area contributed by atoms with Gasteiger partial charge in [-0.1, -0.05) is 0 Å². The molecule has 6 heteroatoms. The van der Waals surface area contributed by atoms with Gasteiger partial charge in [-0.2, -0.15) is 0 Å². The number of hydrogen-bond acceptors (Lipinski definition) is 3. The Morgan fingerprint density at radius 3 is 1.00 bits per heavy atom. The van der Waals surface area contributed by atoms with Gasteiger partial charge in [0.1, 0.15) is 0 Å². The molecule has 1 radical (unpaired) electrons. The monoisotopic (exact) mass is 169 g/mol. The van der Waals surface area contributed by atoms with Crippen LogP contribution in [0.15, 0.2) is 0 Å². The maximum Gasteiger partial charge on any atom is 0.631 e. The second-order valence-electron chi connectivity index (χ2n) is 0.346. The van der Waals surface area contributed by atoms with Gasteiger partial charge in [-0.05, 0) is 0 Å². The third-order valence-electron chi connectivity index (χ3n) is 0. The second-order valence-corrected chi connectivity index (χ2v) is 0.346. The average Bonchev–Trinajstić information content (AvgIpc) is 0.811. The fraction of sp³-hybridized carbons (Fsp3) is 0. The molecule has 0 aromatic carbocycles. The summed E-state index contributed by atoms with van der Waals surface area (Å²) in [5.74, 6) is 0. The van der Waals surface area contributed by atoms with Crippen molar-refractivity contribution in [2.75, 3.05) is 0 Å². The van der Waals surface area contributed by atoms with Crippen molar-refractivity contribution in [2.45, 2.75) is 0 Å². The molecule has 0 heterocycles. The van der Waals surface area contributed by atoms with Crippen molar-refractivity contribution in [3.05, 3.63) is 0 Å². The fourth-order valence-electron chi connectivity index (χ4n) is 0. The van der Waals surface area contributed by atoms with Crippen LogP contribution in [0, 0.1) is 0 Å². The Morgan fingerprint density at radius 2 is 1.00 bits per heavy atom. The fourth-order valence-corrected chi connectivity index (χ4v) is 0. The third-order valence-corrected chi connectivity index (χ3v) is 0. The maximum absolute atomic E-state index is 7.17. The molecule has 0 aliphatic heterocycles. The number of hydrogen-bond donors (Lipinski definition) is 3. The molecular weight excluding hydrogens is 164 g/mol. The Balaban J connectivity index is -0.0000000450. The first-order chi connectivity index (χ1) is 1.73. The van der Waals surface area contributed by atoms with Crippen LogP contribution in [0.25, 0.3) is 0 Å². The van der Waals surface area contributed by atoms with Gasteiger partial charge in [-0.15, -0.1) is 0 Å². The first-order valence-corrected chi connectivity index (χ1v) is 0.775. The first-order valence-electron chi connectivity index (χ1n) is 0.775. The normalized spacial score (nSPS) is 4.50.